The summed E-state index contributed by atoms with van der Waals surface area (Å²) in [4.78, 5) is 27.4. The van der Waals surface area contributed by atoms with Crippen molar-refractivity contribution < 1.29 is 4.79 Å². The van der Waals surface area contributed by atoms with Crippen LogP contribution in [0, 0.1) is 20.8 Å². The van der Waals surface area contributed by atoms with E-state index < -0.39 is 0 Å². The minimum atomic E-state index is -0.247. The van der Waals surface area contributed by atoms with Gasteiger partial charge in [0.2, 0.25) is 0 Å². The van der Waals surface area contributed by atoms with E-state index in [0.29, 0.717) is 16.9 Å². The summed E-state index contributed by atoms with van der Waals surface area (Å²) < 4.78 is 3.30. The molecule has 0 atom stereocenters. The standard InChI is InChI=1S/C18H19N3O2S/c1-11-10-15(13(3)24-11)17(22)19-16-12(2)20(4)21(18(16)23)14-8-6-5-7-9-14/h5-10H,1-4H3,(H,19,22). The number of hydrogen-bond donors (Lipinski definition) is 1. The highest BCUT2D eigenvalue weighted by molar-refractivity contribution is 7.12. The Bertz CT molecular complexity index is 964. The predicted octanol–water partition coefficient (Wildman–Crippen LogP) is 3.42. The summed E-state index contributed by atoms with van der Waals surface area (Å²) in [7, 11) is 1.80. The van der Waals surface area contributed by atoms with Gasteiger partial charge in [0.25, 0.3) is 11.5 Å². The Balaban J connectivity index is 2.03. The topological polar surface area (TPSA) is 56.0 Å². The number of aromatic nitrogens is 2. The molecule has 2 heterocycles. The number of hydrogen-bond acceptors (Lipinski definition) is 3. The van der Waals surface area contributed by atoms with Gasteiger partial charge in [-0.3, -0.25) is 14.3 Å². The summed E-state index contributed by atoms with van der Waals surface area (Å²) in [6.07, 6.45) is 0. The van der Waals surface area contributed by atoms with Gasteiger partial charge in [-0.1, -0.05) is 18.2 Å². The molecule has 0 aliphatic heterocycles. The molecule has 1 N–H and O–H groups in total. The van der Waals surface area contributed by atoms with E-state index in [2.05, 4.69) is 5.32 Å². The number of aryl methyl sites for hydroxylation is 2. The van der Waals surface area contributed by atoms with Crippen LogP contribution in [0.25, 0.3) is 5.69 Å². The summed E-state index contributed by atoms with van der Waals surface area (Å²) in [5.74, 6) is -0.247. The summed E-state index contributed by atoms with van der Waals surface area (Å²) in [5.41, 5.74) is 2.16. The van der Waals surface area contributed by atoms with Crippen LogP contribution in [0.5, 0.6) is 0 Å². The molecule has 3 aromatic rings. The SMILES string of the molecule is Cc1cc(C(=O)Nc2c(C)n(C)n(-c3ccccc3)c2=O)c(C)s1. The van der Waals surface area contributed by atoms with Gasteiger partial charge < -0.3 is 5.32 Å². The molecule has 0 spiro atoms. The maximum Gasteiger partial charge on any atom is 0.295 e. The average Bonchev–Trinajstić information content (AvgIpc) is 3.00. The molecule has 5 nitrogen and oxygen atoms in total. The number of carbonyl (C=O) groups excluding carboxylic acids is 1. The lowest BCUT2D eigenvalue weighted by Crippen LogP contribution is -2.23. The smallest absolute Gasteiger partial charge is 0.295 e. The van der Waals surface area contributed by atoms with Gasteiger partial charge >= 0.3 is 0 Å². The molecule has 3 rings (SSSR count). The number of anilines is 1. The largest absolute Gasteiger partial charge is 0.316 e. The van der Waals surface area contributed by atoms with Gasteiger partial charge in [0.05, 0.1) is 16.9 Å². The van der Waals surface area contributed by atoms with Gasteiger partial charge in [-0.15, -0.1) is 11.3 Å². The fraction of sp³-hybridized carbons (Fsp3) is 0.222. The molecule has 24 heavy (non-hydrogen) atoms. The lowest BCUT2D eigenvalue weighted by atomic mass is 10.2. The molecular weight excluding hydrogens is 322 g/mol. The van der Waals surface area contributed by atoms with Crippen molar-refractivity contribution in [3.05, 3.63) is 67.8 Å². The molecule has 0 aliphatic rings. The van der Waals surface area contributed by atoms with Crippen LogP contribution in [0.2, 0.25) is 0 Å². The van der Waals surface area contributed by atoms with Crippen LogP contribution in [-0.2, 0) is 7.05 Å². The summed E-state index contributed by atoms with van der Waals surface area (Å²) in [6, 6.07) is 11.2. The lowest BCUT2D eigenvalue weighted by Gasteiger charge is -2.07. The van der Waals surface area contributed by atoms with E-state index in [1.807, 2.05) is 57.2 Å². The molecule has 0 saturated heterocycles. The molecule has 0 fully saturated rings. The van der Waals surface area contributed by atoms with E-state index in [9.17, 15) is 9.59 Å². The number of para-hydroxylation sites is 1. The maximum atomic E-state index is 12.8. The van der Waals surface area contributed by atoms with Crippen molar-refractivity contribution in [2.75, 3.05) is 5.32 Å². The summed E-state index contributed by atoms with van der Waals surface area (Å²) >= 11 is 1.57. The molecule has 6 heteroatoms. The van der Waals surface area contributed by atoms with Crippen LogP contribution in [0.3, 0.4) is 0 Å². The number of benzene rings is 1. The fourth-order valence-electron chi connectivity index (χ4n) is 2.75. The van der Waals surface area contributed by atoms with Crippen molar-refractivity contribution >= 4 is 22.9 Å². The Morgan fingerprint density at radius 1 is 1.12 bits per heavy atom. The first kappa shape index (κ1) is 16.3. The molecule has 1 amide bonds. The molecule has 0 bridgehead atoms. The van der Waals surface area contributed by atoms with E-state index in [0.717, 1.165) is 15.4 Å². The van der Waals surface area contributed by atoms with Gasteiger partial charge in [0, 0.05) is 16.8 Å². The molecule has 0 saturated carbocycles. The first-order valence-electron chi connectivity index (χ1n) is 7.62. The molecule has 0 aliphatic carbocycles. The molecule has 124 valence electrons. The second kappa shape index (κ2) is 6.13. The highest BCUT2D eigenvalue weighted by Crippen LogP contribution is 2.22. The Morgan fingerprint density at radius 3 is 2.38 bits per heavy atom. The third-order valence-corrected chi connectivity index (χ3v) is 5.04. The average molecular weight is 341 g/mol. The Hall–Kier alpha value is -2.60. The quantitative estimate of drug-likeness (QED) is 0.794. The van der Waals surface area contributed by atoms with E-state index in [1.165, 1.54) is 0 Å². The van der Waals surface area contributed by atoms with Gasteiger partial charge in [0.15, 0.2) is 0 Å². The molecular formula is C18H19N3O2S. The predicted molar refractivity (Wildman–Crippen MR) is 97.5 cm³/mol. The van der Waals surface area contributed by atoms with Gasteiger partial charge in [-0.25, -0.2) is 4.68 Å². The Labute approximate surface area is 144 Å². The number of amides is 1. The van der Waals surface area contributed by atoms with Gasteiger partial charge in [0.1, 0.15) is 5.69 Å². The number of thiophene rings is 1. The number of rotatable bonds is 3. The maximum absolute atomic E-state index is 12.8. The van der Waals surface area contributed by atoms with Crippen molar-refractivity contribution in [2.24, 2.45) is 7.05 Å². The zero-order valence-corrected chi connectivity index (χ0v) is 14.9. The normalized spacial score (nSPS) is 10.8. The Morgan fingerprint density at radius 2 is 1.79 bits per heavy atom. The van der Waals surface area contributed by atoms with Crippen LogP contribution < -0.4 is 10.9 Å². The van der Waals surface area contributed by atoms with Crippen LogP contribution in [0.15, 0.2) is 41.2 Å². The van der Waals surface area contributed by atoms with Crippen LogP contribution in [-0.4, -0.2) is 15.3 Å². The molecule has 2 aromatic heterocycles. The van der Waals surface area contributed by atoms with Crippen LogP contribution in [0.4, 0.5) is 5.69 Å². The van der Waals surface area contributed by atoms with E-state index in [-0.39, 0.29) is 11.5 Å². The first-order valence-corrected chi connectivity index (χ1v) is 8.44. The number of nitrogens with zero attached hydrogens (tertiary/aromatic N) is 2. The van der Waals surface area contributed by atoms with Gasteiger partial charge in [-0.05, 0) is 39.0 Å². The molecule has 0 radical (unpaired) electrons. The van der Waals surface area contributed by atoms with Crippen LogP contribution >= 0.6 is 11.3 Å². The number of carbonyl (C=O) groups is 1. The third-order valence-electron chi connectivity index (χ3n) is 4.08. The first-order chi connectivity index (χ1) is 11.4. The molecule has 1 aromatic carbocycles. The van der Waals surface area contributed by atoms with Crippen molar-refractivity contribution in [1.82, 2.24) is 9.36 Å². The highest BCUT2D eigenvalue weighted by Gasteiger charge is 2.20. The number of nitrogens with one attached hydrogen (secondary N) is 1. The monoisotopic (exact) mass is 341 g/mol. The summed E-state index contributed by atoms with van der Waals surface area (Å²) in [6.45, 7) is 5.69. The van der Waals surface area contributed by atoms with Crippen molar-refractivity contribution in [1.29, 1.82) is 0 Å². The van der Waals surface area contributed by atoms with Crippen molar-refractivity contribution in [3.8, 4) is 5.69 Å². The van der Waals surface area contributed by atoms with Crippen molar-refractivity contribution in [2.45, 2.75) is 20.8 Å². The van der Waals surface area contributed by atoms with E-state index in [1.54, 1.807) is 27.7 Å². The minimum absolute atomic E-state index is 0.237. The van der Waals surface area contributed by atoms with Crippen LogP contribution in [0.1, 0.15) is 25.8 Å². The zero-order valence-electron chi connectivity index (χ0n) is 14.1. The molecule has 0 unspecified atom stereocenters. The minimum Gasteiger partial charge on any atom is -0.316 e. The fourth-order valence-corrected chi connectivity index (χ4v) is 3.67. The lowest BCUT2D eigenvalue weighted by molar-refractivity contribution is 0.102. The second-order valence-corrected chi connectivity index (χ2v) is 7.18. The van der Waals surface area contributed by atoms with E-state index >= 15 is 0 Å². The zero-order chi connectivity index (χ0) is 17.4. The second-order valence-electron chi connectivity index (χ2n) is 5.72. The summed E-state index contributed by atoms with van der Waals surface area (Å²) in [5, 5.41) is 2.79. The van der Waals surface area contributed by atoms with E-state index in [4.69, 9.17) is 0 Å². The Kier molecular flexibility index (Phi) is 4.15. The third kappa shape index (κ3) is 2.69. The highest BCUT2D eigenvalue weighted by atomic mass is 32.1. The van der Waals surface area contributed by atoms with Gasteiger partial charge in [-0.2, -0.15) is 0 Å². The van der Waals surface area contributed by atoms with Crippen molar-refractivity contribution in [3.63, 3.8) is 0 Å².